The van der Waals surface area contributed by atoms with Crippen molar-refractivity contribution < 1.29 is 4.79 Å². The van der Waals surface area contributed by atoms with Crippen LogP contribution >= 0.6 is 14.1 Å². The number of rotatable bonds is 14. The lowest BCUT2D eigenvalue weighted by atomic mass is 9.93. The van der Waals surface area contributed by atoms with E-state index in [0.29, 0.717) is 0 Å². The zero-order valence-electron chi connectivity index (χ0n) is 38.2. The van der Waals surface area contributed by atoms with Crippen LogP contribution in [-0.2, 0) is 4.79 Å². The lowest BCUT2D eigenvalue weighted by Gasteiger charge is -2.41. The van der Waals surface area contributed by atoms with Crippen LogP contribution in [0.2, 0.25) is 0 Å². The van der Waals surface area contributed by atoms with Crippen molar-refractivity contribution in [3.8, 4) is 0 Å². The third kappa shape index (κ3) is 9.11. The molecule has 6 aromatic carbocycles. The fourth-order valence-electron chi connectivity index (χ4n) is 9.36. The van der Waals surface area contributed by atoms with Gasteiger partial charge in [-0.3, -0.25) is 9.54 Å². The van der Waals surface area contributed by atoms with Crippen LogP contribution in [0, 0.1) is 0 Å². The van der Waals surface area contributed by atoms with Crippen molar-refractivity contribution in [2.75, 3.05) is 5.09 Å². The minimum atomic E-state index is -3.34. The summed E-state index contributed by atoms with van der Waals surface area (Å²) in [5.41, 5.74) is 7.00. The van der Waals surface area contributed by atoms with Gasteiger partial charge in [-0.15, -0.1) is 0 Å². The topological polar surface area (TPSA) is 53.5 Å². The lowest BCUT2D eigenvalue weighted by molar-refractivity contribution is -0.115. The van der Waals surface area contributed by atoms with E-state index in [0.717, 1.165) is 63.3 Å². The Morgan fingerprint density at radius 2 is 0.855 bits per heavy atom. The van der Waals surface area contributed by atoms with E-state index in [2.05, 4.69) is 224 Å². The summed E-state index contributed by atoms with van der Waals surface area (Å²) in [6.07, 6.45) is 5.35. The molecule has 0 aliphatic heterocycles. The molecule has 0 aromatic heterocycles. The third-order valence-corrected chi connectivity index (χ3v) is 21.3. The molecule has 6 aromatic rings. The second-order valence-electron chi connectivity index (χ2n) is 18.2. The van der Waals surface area contributed by atoms with Crippen molar-refractivity contribution in [3.05, 3.63) is 180 Å². The zero-order chi connectivity index (χ0) is 43.9. The Kier molecular flexibility index (Phi) is 14.6. The van der Waals surface area contributed by atoms with Gasteiger partial charge in [-0.1, -0.05) is 232 Å². The molecule has 1 aliphatic carbocycles. The number of para-hydroxylation sites is 1. The first-order valence-electron chi connectivity index (χ1n) is 23.0. The Balaban J connectivity index is 1.87. The third-order valence-electron chi connectivity index (χ3n) is 12.6. The van der Waals surface area contributed by atoms with Gasteiger partial charge in [0.1, 0.15) is 0 Å². The first-order valence-corrected chi connectivity index (χ1v) is 26.5. The highest BCUT2D eigenvalue weighted by Gasteiger charge is 2.44. The summed E-state index contributed by atoms with van der Waals surface area (Å²) in [5.74, 6) is 0.850. The largest absolute Gasteiger partial charge is 0.358 e. The molecule has 0 saturated heterocycles. The fourth-order valence-corrected chi connectivity index (χ4v) is 19.3. The van der Waals surface area contributed by atoms with Crippen LogP contribution in [0.3, 0.4) is 0 Å². The van der Waals surface area contributed by atoms with Gasteiger partial charge < -0.3 is 10.4 Å². The van der Waals surface area contributed by atoms with Crippen LogP contribution in [-0.4, -0.2) is 17.0 Å². The minimum absolute atomic E-state index is 0.00326. The molecule has 322 valence electrons. The molecule has 1 amide bonds. The number of nitrogens with one attached hydrogen (secondary N) is 2. The Bertz CT molecular complexity index is 2400. The smallest absolute Gasteiger partial charge is 0.256 e. The molecule has 7 rings (SSSR count). The van der Waals surface area contributed by atoms with Gasteiger partial charge in [0.2, 0.25) is 0 Å². The highest BCUT2D eigenvalue weighted by atomic mass is 31.2. The van der Waals surface area contributed by atoms with E-state index in [1.807, 2.05) is 0 Å². The van der Waals surface area contributed by atoms with Crippen LogP contribution in [0.15, 0.2) is 162 Å². The minimum Gasteiger partial charge on any atom is -0.358 e. The number of hydrogen-bond donors (Lipinski definition) is 2. The van der Waals surface area contributed by atoms with Crippen LogP contribution < -0.4 is 31.6 Å². The summed E-state index contributed by atoms with van der Waals surface area (Å²) in [6, 6.07) is 57.1. The maximum atomic E-state index is 16.9. The predicted octanol–water partition coefficient (Wildman–Crippen LogP) is 13.9. The molecule has 0 spiro atoms. The molecule has 0 atom stereocenters. The maximum Gasteiger partial charge on any atom is 0.256 e. The molecule has 1 fully saturated rings. The van der Waals surface area contributed by atoms with Gasteiger partial charge in [-0.05, 0) is 69.4 Å². The molecule has 0 heterocycles. The first kappa shape index (κ1) is 45.2. The van der Waals surface area contributed by atoms with Crippen molar-refractivity contribution in [1.29, 1.82) is 0 Å². The number of benzene rings is 6. The van der Waals surface area contributed by atoms with E-state index < -0.39 is 14.1 Å². The molecule has 2 N–H and O–H groups in total. The maximum absolute atomic E-state index is 16.9. The zero-order valence-corrected chi connectivity index (χ0v) is 40.0. The highest BCUT2D eigenvalue weighted by molar-refractivity contribution is 8.13. The van der Waals surface area contributed by atoms with Crippen LogP contribution in [0.4, 0.5) is 11.4 Å². The molecule has 0 bridgehead atoms. The summed E-state index contributed by atoms with van der Waals surface area (Å²) in [5, 5.41) is 13.5. The number of anilines is 1. The van der Waals surface area contributed by atoms with E-state index in [9.17, 15) is 0 Å². The van der Waals surface area contributed by atoms with E-state index in [-0.39, 0.29) is 35.6 Å². The summed E-state index contributed by atoms with van der Waals surface area (Å²) in [6.45, 7) is 18.2. The van der Waals surface area contributed by atoms with Gasteiger partial charge in [0.05, 0.1) is 17.8 Å². The van der Waals surface area contributed by atoms with Gasteiger partial charge in [0, 0.05) is 29.4 Å². The van der Waals surface area contributed by atoms with E-state index in [4.69, 9.17) is 4.74 Å². The first-order chi connectivity index (χ1) is 30.0. The van der Waals surface area contributed by atoms with E-state index in [1.165, 1.54) is 28.7 Å². The number of hydrogen-bond acceptors (Lipinski definition) is 3. The quantitative estimate of drug-likeness (QED) is 0.107. The Hall–Kier alpha value is -4.88. The van der Waals surface area contributed by atoms with Crippen molar-refractivity contribution in [2.45, 2.75) is 117 Å². The number of amides is 1. The highest BCUT2D eigenvalue weighted by Crippen LogP contribution is 2.63. The molecule has 1 saturated carbocycles. The average molecular weight is 860 g/mol. The second kappa shape index (κ2) is 20.1. The summed E-state index contributed by atoms with van der Waals surface area (Å²) in [4.78, 5) is 16.9. The summed E-state index contributed by atoms with van der Waals surface area (Å²) in [7, 11) is -6.59. The molecule has 0 radical (unpaired) electrons. The number of carbonyl (C=O) groups is 1. The summed E-state index contributed by atoms with van der Waals surface area (Å²) < 4.78 is 6.46. The number of carbonyl (C=O) groups excluding carboxylic acids is 1. The van der Waals surface area contributed by atoms with Gasteiger partial charge >= 0.3 is 0 Å². The molecular formula is C56H67N3OP2. The fraction of sp³-hybridized carbons (Fsp3) is 0.321. The predicted molar refractivity (Wildman–Crippen MR) is 273 cm³/mol. The summed E-state index contributed by atoms with van der Waals surface area (Å²) >= 11 is 0. The Morgan fingerprint density at radius 1 is 0.484 bits per heavy atom. The van der Waals surface area contributed by atoms with Gasteiger partial charge in [0.15, 0.2) is 0 Å². The van der Waals surface area contributed by atoms with E-state index in [1.54, 1.807) is 0 Å². The number of nitrogens with zero attached hydrogens (tertiary/aromatic N) is 1. The normalized spacial score (nSPS) is 13.7. The molecule has 62 heavy (non-hydrogen) atoms. The molecule has 6 heteroatoms. The van der Waals surface area contributed by atoms with Gasteiger partial charge in [-0.2, -0.15) is 0 Å². The van der Waals surface area contributed by atoms with Crippen molar-refractivity contribution >= 4 is 57.6 Å². The lowest BCUT2D eigenvalue weighted by Crippen LogP contribution is -2.45. The van der Waals surface area contributed by atoms with Gasteiger partial charge in [0.25, 0.3) is 5.91 Å². The van der Waals surface area contributed by atoms with Crippen LogP contribution in [0.1, 0.15) is 133 Å². The van der Waals surface area contributed by atoms with Crippen LogP contribution in [0.25, 0.3) is 0 Å². The van der Waals surface area contributed by atoms with Crippen LogP contribution in [0.5, 0.6) is 0 Å². The standard InChI is InChI=1S/C56H67N3OP2/c1-40(2)49-36-24-37-50(41(3)4)53(49)58-61(45-28-16-10-17-29-45,46-30-18-11-19-31-46)56(55(60)57-44-26-14-9-15-27-44)62(47-32-20-12-21-33-47,48-34-22-13-23-35-48)59-54-51(42(5)6)38-25-39-52(54)43(7)8/h10-13,16-25,28-44,58H,9,14-15,26-27H2,1-8H3,(H,57,60). The molecule has 4 nitrogen and oxygen atoms in total. The van der Waals surface area contributed by atoms with Crippen molar-refractivity contribution in [1.82, 2.24) is 5.32 Å². The van der Waals surface area contributed by atoms with Crippen molar-refractivity contribution in [2.24, 2.45) is 4.74 Å². The SMILES string of the molecule is CC(C)c1cccc(C(C)C)c1N=P(C(C(=O)NC1CCCCC1)=P(Nc1c(C(C)C)cccc1C(C)C)(c1ccccc1)c1ccccc1)(c1ccccc1)c1ccccc1. The second-order valence-corrected chi connectivity index (χ2v) is 24.6. The van der Waals surface area contributed by atoms with E-state index >= 15 is 4.79 Å². The molecule has 0 unspecified atom stereocenters. The molecule has 1 aliphatic rings. The Labute approximate surface area is 373 Å². The van der Waals surface area contributed by atoms with Crippen molar-refractivity contribution in [3.63, 3.8) is 0 Å². The average Bonchev–Trinajstić information content (AvgIpc) is 3.29. The van der Waals surface area contributed by atoms with Gasteiger partial charge in [-0.25, -0.2) is 0 Å². The Morgan fingerprint density at radius 3 is 1.24 bits per heavy atom. The molecular weight excluding hydrogens is 793 g/mol. The monoisotopic (exact) mass is 859 g/mol.